The second-order valence-corrected chi connectivity index (χ2v) is 6.00. The number of carboxylic acid groups (broad SMARTS) is 2. The van der Waals surface area contributed by atoms with Crippen molar-refractivity contribution in [1.29, 1.82) is 0 Å². The van der Waals surface area contributed by atoms with Crippen LogP contribution in [0, 0.1) is 0 Å². The molecule has 0 aliphatic carbocycles. The highest BCUT2D eigenvalue weighted by atomic mass is 32.2. The van der Waals surface area contributed by atoms with E-state index in [4.69, 9.17) is 5.11 Å². The molecule has 0 spiro atoms. The van der Waals surface area contributed by atoms with Gasteiger partial charge in [0.2, 0.25) is 0 Å². The summed E-state index contributed by atoms with van der Waals surface area (Å²) in [6.07, 6.45) is 0. The molecule has 0 radical (unpaired) electrons. The molecule has 0 unspecified atom stereocenters. The summed E-state index contributed by atoms with van der Waals surface area (Å²) >= 11 is 1.10. The van der Waals surface area contributed by atoms with Gasteiger partial charge in [-0.05, 0) is 34.9 Å². The summed E-state index contributed by atoms with van der Waals surface area (Å²) < 4.78 is 0. The topological polar surface area (TPSA) is 91.7 Å². The molecular formula is C17H14O5S. The van der Waals surface area contributed by atoms with Crippen LogP contribution < -0.4 is 0 Å². The third kappa shape index (κ3) is 4.20. The van der Waals surface area contributed by atoms with Crippen LogP contribution >= 0.6 is 11.8 Å². The summed E-state index contributed by atoms with van der Waals surface area (Å²) in [7, 11) is 0. The molecule has 23 heavy (non-hydrogen) atoms. The Morgan fingerprint density at radius 3 is 2.35 bits per heavy atom. The number of carboxylic acids is 2. The predicted molar refractivity (Wildman–Crippen MR) is 87.8 cm³/mol. The van der Waals surface area contributed by atoms with E-state index in [1.165, 1.54) is 25.1 Å². The van der Waals surface area contributed by atoms with Crippen molar-refractivity contribution in [1.82, 2.24) is 0 Å². The molecule has 0 saturated carbocycles. The molecular weight excluding hydrogens is 316 g/mol. The highest BCUT2D eigenvalue weighted by molar-refractivity contribution is 8.12. The number of hydrogen-bond donors (Lipinski definition) is 2. The third-order valence-corrected chi connectivity index (χ3v) is 4.06. The predicted octanol–water partition coefficient (Wildman–Crippen LogP) is 3.53. The van der Waals surface area contributed by atoms with Gasteiger partial charge in [-0.25, -0.2) is 9.59 Å². The van der Waals surface area contributed by atoms with Crippen LogP contribution in [0.3, 0.4) is 0 Å². The van der Waals surface area contributed by atoms with Gasteiger partial charge in [0.05, 0.1) is 11.1 Å². The number of aromatic carboxylic acids is 2. The fraction of sp³-hybridized carbons (Fsp3) is 0.118. The summed E-state index contributed by atoms with van der Waals surface area (Å²) in [5.41, 5.74) is 1.86. The molecule has 6 heteroatoms. The van der Waals surface area contributed by atoms with Crippen LogP contribution in [-0.4, -0.2) is 27.3 Å². The van der Waals surface area contributed by atoms with Gasteiger partial charge in [-0.15, -0.1) is 0 Å². The van der Waals surface area contributed by atoms with Gasteiger partial charge in [0, 0.05) is 12.7 Å². The van der Waals surface area contributed by atoms with Crippen LogP contribution in [0.25, 0.3) is 11.1 Å². The molecule has 0 aromatic heterocycles. The molecule has 2 aromatic rings. The molecule has 0 heterocycles. The number of thioether (sulfide) groups is 1. The Hall–Kier alpha value is -2.60. The Labute approximate surface area is 137 Å². The molecule has 0 amide bonds. The summed E-state index contributed by atoms with van der Waals surface area (Å²) in [5.74, 6) is -1.78. The Bertz CT molecular complexity index is 782. The molecule has 2 N–H and O–H groups in total. The van der Waals surface area contributed by atoms with Crippen molar-refractivity contribution in [2.24, 2.45) is 0 Å². The monoisotopic (exact) mass is 330 g/mol. The molecule has 2 aromatic carbocycles. The zero-order valence-electron chi connectivity index (χ0n) is 12.3. The number of carbonyl (C=O) groups excluding carboxylic acids is 1. The maximum atomic E-state index is 11.5. The highest BCUT2D eigenvalue weighted by Gasteiger charge is 2.14. The quantitative estimate of drug-likeness (QED) is 0.871. The average Bonchev–Trinajstić information content (AvgIpc) is 2.52. The lowest BCUT2D eigenvalue weighted by Gasteiger charge is -2.09. The highest BCUT2D eigenvalue weighted by Crippen LogP contribution is 2.27. The van der Waals surface area contributed by atoms with Gasteiger partial charge in [0.15, 0.2) is 5.12 Å². The summed E-state index contributed by atoms with van der Waals surface area (Å²) in [4.78, 5) is 33.6. The minimum absolute atomic E-state index is 0.0416. The zero-order chi connectivity index (χ0) is 17.0. The van der Waals surface area contributed by atoms with Crippen molar-refractivity contribution in [2.75, 3.05) is 0 Å². The average molecular weight is 330 g/mol. The largest absolute Gasteiger partial charge is 0.478 e. The first-order valence-electron chi connectivity index (χ1n) is 6.72. The smallest absolute Gasteiger partial charge is 0.336 e. The minimum atomic E-state index is -1.10. The summed E-state index contributed by atoms with van der Waals surface area (Å²) in [6.45, 7) is 1.45. The standard InChI is InChI=1S/C17H14O5S/c1-10(18)23-9-11-5-6-14(15(7-11)17(21)22)12-3-2-4-13(8-12)16(19)20/h2-8H,9H2,1H3,(H,19,20)(H,21,22). The van der Waals surface area contributed by atoms with E-state index >= 15 is 0 Å². The van der Waals surface area contributed by atoms with Gasteiger partial charge in [0.25, 0.3) is 0 Å². The van der Waals surface area contributed by atoms with Gasteiger partial charge in [0.1, 0.15) is 0 Å². The second kappa shape index (κ2) is 7.11. The lowest BCUT2D eigenvalue weighted by atomic mass is 9.96. The van der Waals surface area contributed by atoms with Crippen molar-refractivity contribution in [3.05, 3.63) is 59.2 Å². The van der Waals surface area contributed by atoms with Crippen LogP contribution in [0.5, 0.6) is 0 Å². The number of carbonyl (C=O) groups is 3. The van der Waals surface area contributed by atoms with Crippen LogP contribution in [0.1, 0.15) is 33.2 Å². The number of hydrogen-bond acceptors (Lipinski definition) is 4. The van der Waals surface area contributed by atoms with E-state index in [1.807, 2.05) is 0 Å². The van der Waals surface area contributed by atoms with Crippen LogP contribution in [-0.2, 0) is 10.5 Å². The number of benzene rings is 2. The van der Waals surface area contributed by atoms with E-state index in [0.29, 0.717) is 16.9 Å². The SMILES string of the molecule is CC(=O)SCc1ccc(-c2cccc(C(=O)O)c2)c(C(=O)O)c1. The Kier molecular flexibility index (Phi) is 5.18. The molecule has 2 rings (SSSR count). The van der Waals surface area contributed by atoms with Crippen molar-refractivity contribution >= 4 is 28.8 Å². The van der Waals surface area contributed by atoms with Gasteiger partial charge < -0.3 is 10.2 Å². The lowest BCUT2D eigenvalue weighted by molar-refractivity contribution is -0.109. The van der Waals surface area contributed by atoms with E-state index in [9.17, 15) is 19.5 Å². The van der Waals surface area contributed by atoms with Gasteiger partial charge in [-0.1, -0.05) is 36.0 Å². The Morgan fingerprint density at radius 2 is 1.74 bits per heavy atom. The lowest BCUT2D eigenvalue weighted by Crippen LogP contribution is -2.02. The summed E-state index contributed by atoms with van der Waals surface area (Å²) in [5, 5.41) is 18.4. The molecule has 118 valence electrons. The maximum Gasteiger partial charge on any atom is 0.336 e. The van der Waals surface area contributed by atoms with Crippen LogP contribution in [0.4, 0.5) is 0 Å². The first kappa shape index (κ1) is 16.8. The van der Waals surface area contributed by atoms with Crippen LogP contribution in [0.2, 0.25) is 0 Å². The minimum Gasteiger partial charge on any atom is -0.478 e. The molecule has 0 aliphatic rings. The fourth-order valence-electron chi connectivity index (χ4n) is 2.11. The van der Waals surface area contributed by atoms with E-state index in [2.05, 4.69) is 0 Å². The molecule has 0 atom stereocenters. The summed E-state index contributed by atoms with van der Waals surface area (Å²) in [6, 6.07) is 11.0. The number of rotatable bonds is 5. The second-order valence-electron chi connectivity index (χ2n) is 4.85. The van der Waals surface area contributed by atoms with E-state index in [-0.39, 0.29) is 16.2 Å². The van der Waals surface area contributed by atoms with Crippen molar-refractivity contribution < 1.29 is 24.6 Å². The van der Waals surface area contributed by atoms with Gasteiger partial charge in [-0.2, -0.15) is 0 Å². The normalized spacial score (nSPS) is 10.3. The van der Waals surface area contributed by atoms with Crippen molar-refractivity contribution in [3.63, 3.8) is 0 Å². The zero-order valence-corrected chi connectivity index (χ0v) is 13.1. The molecule has 0 saturated heterocycles. The van der Waals surface area contributed by atoms with Crippen molar-refractivity contribution in [3.8, 4) is 11.1 Å². The first-order valence-corrected chi connectivity index (χ1v) is 7.70. The Balaban J connectivity index is 2.46. The van der Waals surface area contributed by atoms with E-state index in [1.54, 1.807) is 24.3 Å². The van der Waals surface area contributed by atoms with Gasteiger partial charge >= 0.3 is 11.9 Å². The fourth-order valence-corrected chi connectivity index (χ4v) is 2.66. The van der Waals surface area contributed by atoms with Gasteiger partial charge in [-0.3, -0.25) is 4.79 Å². The molecule has 5 nitrogen and oxygen atoms in total. The van der Waals surface area contributed by atoms with E-state index < -0.39 is 11.9 Å². The molecule has 0 aliphatic heterocycles. The Morgan fingerprint density at radius 1 is 1.00 bits per heavy atom. The maximum absolute atomic E-state index is 11.5. The van der Waals surface area contributed by atoms with Crippen LogP contribution in [0.15, 0.2) is 42.5 Å². The third-order valence-electron chi connectivity index (χ3n) is 3.18. The molecule has 0 bridgehead atoms. The molecule has 0 fully saturated rings. The van der Waals surface area contributed by atoms with Crippen molar-refractivity contribution in [2.45, 2.75) is 12.7 Å². The first-order chi connectivity index (χ1) is 10.9. The van der Waals surface area contributed by atoms with E-state index in [0.717, 1.165) is 17.3 Å².